The van der Waals surface area contributed by atoms with Gasteiger partial charge < -0.3 is 15.5 Å². The molecule has 1 amide bonds. The van der Waals surface area contributed by atoms with Gasteiger partial charge in [-0.1, -0.05) is 0 Å². The van der Waals surface area contributed by atoms with Crippen molar-refractivity contribution < 1.29 is 9.21 Å². The van der Waals surface area contributed by atoms with E-state index in [4.69, 9.17) is 10.2 Å². The van der Waals surface area contributed by atoms with Crippen molar-refractivity contribution in [1.82, 2.24) is 5.32 Å². The number of aryl methyl sites for hydroxylation is 1. The lowest BCUT2D eigenvalue weighted by Gasteiger charge is -2.25. The van der Waals surface area contributed by atoms with E-state index in [1.807, 2.05) is 6.92 Å². The number of rotatable bonds is 3. The summed E-state index contributed by atoms with van der Waals surface area (Å²) in [5.74, 6) is 1.29. The highest BCUT2D eigenvalue weighted by molar-refractivity contribution is 5.93. The van der Waals surface area contributed by atoms with Gasteiger partial charge in [-0.3, -0.25) is 4.79 Å². The molecule has 17 heavy (non-hydrogen) atoms. The lowest BCUT2D eigenvalue weighted by molar-refractivity contribution is 0.0942. The van der Waals surface area contributed by atoms with E-state index in [1.165, 1.54) is 6.26 Å². The summed E-state index contributed by atoms with van der Waals surface area (Å²) in [5, 5.41) is 2.96. The number of carbonyl (C=O) groups is 1. The molecule has 3 N–H and O–H groups in total. The standard InChI is InChI=1S/C13H20N2O2/c1-9-6-11(8-17-9)13(16)15-7-10-2-4-12(14)5-3-10/h6,8,10,12H,2-5,7,14H2,1H3,(H,15,16). The van der Waals surface area contributed by atoms with Gasteiger partial charge in [0, 0.05) is 12.6 Å². The maximum absolute atomic E-state index is 11.8. The Hall–Kier alpha value is -1.29. The maximum Gasteiger partial charge on any atom is 0.254 e. The van der Waals surface area contributed by atoms with Crippen LogP contribution in [0, 0.1) is 12.8 Å². The van der Waals surface area contributed by atoms with Crippen LogP contribution in [0.15, 0.2) is 16.7 Å². The number of nitrogens with two attached hydrogens (primary N) is 1. The quantitative estimate of drug-likeness (QED) is 0.841. The van der Waals surface area contributed by atoms with Gasteiger partial charge in [0.1, 0.15) is 12.0 Å². The minimum absolute atomic E-state index is 0.0447. The van der Waals surface area contributed by atoms with Gasteiger partial charge in [0.15, 0.2) is 0 Å². The van der Waals surface area contributed by atoms with Crippen LogP contribution in [0.3, 0.4) is 0 Å². The zero-order valence-electron chi connectivity index (χ0n) is 10.2. The molecule has 1 aliphatic rings. The first-order valence-corrected chi connectivity index (χ1v) is 6.24. The van der Waals surface area contributed by atoms with Crippen LogP contribution < -0.4 is 11.1 Å². The molecule has 0 bridgehead atoms. The Morgan fingerprint density at radius 1 is 1.47 bits per heavy atom. The van der Waals surface area contributed by atoms with Crippen molar-refractivity contribution in [3.8, 4) is 0 Å². The van der Waals surface area contributed by atoms with Crippen molar-refractivity contribution in [2.75, 3.05) is 6.54 Å². The highest BCUT2D eigenvalue weighted by atomic mass is 16.3. The topological polar surface area (TPSA) is 68.3 Å². The van der Waals surface area contributed by atoms with Gasteiger partial charge >= 0.3 is 0 Å². The molecule has 94 valence electrons. The molecule has 4 heteroatoms. The smallest absolute Gasteiger partial charge is 0.254 e. The molecule has 1 saturated carbocycles. The molecular weight excluding hydrogens is 216 g/mol. The molecule has 1 aromatic rings. The second-order valence-electron chi connectivity index (χ2n) is 4.94. The minimum atomic E-state index is -0.0447. The maximum atomic E-state index is 11.8. The van der Waals surface area contributed by atoms with Crippen LogP contribution in [0.2, 0.25) is 0 Å². The van der Waals surface area contributed by atoms with Gasteiger partial charge in [-0.25, -0.2) is 0 Å². The van der Waals surface area contributed by atoms with Gasteiger partial charge in [-0.2, -0.15) is 0 Å². The Labute approximate surface area is 102 Å². The number of amides is 1. The summed E-state index contributed by atoms with van der Waals surface area (Å²) >= 11 is 0. The van der Waals surface area contributed by atoms with Gasteiger partial charge in [-0.15, -0.1) is 0 Å². The molecule has 0 saturated heterocycles. The molecule has 0 aliphatic heterocycles. The summed E-state index contributed by atoms with van der Waals surface area (Å²) in [6.07, 6.45) is 5.88. The Morgan fingerprint density at radius 2 is 2.18 bits per heavy atom. The minimum Gasteiger partial charge on any atom is -0.469 e. The summed E-state index contributed by atoms with van der Waals surface area (Å²) in [6, 6.07) is 2.12. The van der Waals surface area contributed by atoms with Crippen LogP contribution in [-0.2, 0) is 0 Å². The van der Waals surface area contributed by atoms with E-state index in [0.717, 1.165) is 38.0 Å². The second-order valence-corrected chi connectivity index (χ2v) is 4.94. The third-order valence-electron chi connectivity index (χ3n) is 3.44. The van der Waals surface area contributed by atoms with Crippen LogP contribution in [0.1, 0.15) is 41.8 Å². The van der Waals surface area contributed by atoms with Crippen molar-refractivity contribution in [1.29, 1.82) is 0 Å². The van der Waals surface area contributed by atoms with E-state index >= 15 is 0 Å². The fourth-order valence-electron chi connectivity index (χ4n) is 2.29. The van der Waals surface area contributed by atoms with E-state index in [9.17, 15) is 4.79 Å². The predicted molar refractivity (Wildman–Crippen MR) is 65.7 cm³/mol. The molecule has 1 fully saturated rings. The van der Waals surface area contributed by atoms with Crippen molar-refractivity contribution in [2.24, 2.45) is 11.7 Å². The highest BCUT2D eigenvalue weighted by Crippen LogP contribution is 2.22. The lowest BCUT2D eigenvalue weighted by atomic mass is 9.86. The van der Waals surface area contributed by atoms with Crippen LogP contribution in [-0.4, -0.2) is 18.5 Å². The Kier molecular flexibility index (Phi) is 3.84. The average Bonchev–Trinajstić information content (AvgIpc) is 2.75. The summed E-state index contributed by atoms with van der Waals surface area (Å²) in [4.78, 5) is 11.8. The summed E-state index contributed by atoms with van der Waals surface area (Å²) in [7, 11) is 0. The lowest BCUT2D eigenvalue weighted by Crippen LogP contribution is -2.34. The molecule has 0 atom stereocenters. The van der Waals surface area contributed by atoms with Gasteiger partial charge in [0.2, 0.25) is 0 Å². The van der Waals surface area contributed by atoms with E-state index < -0.39 is 0 Å². The Morgan fingerprint density at radius 3 is 2.76 bits per heavy atom. The fourth-order valence-corrected chi connectivity index (χ4v) is 2.29. The van der Waals surface area contributed by atoms with Crippen LogP contribution in [0.4, 0.5) is 0 Å². The van der Waals surface area contributed by atoms with Crippen molar-refractivity contribution >= 4 is 5.91 Å². The number of hydrogen-bond acceptors (Lipinski definition) is 3. The molecule has 2 rings (SSSR count). The number of hydrogen-bond donors (Lipinski definition) is 2. The molecule has 0 spiro atoms. The zero-order chi connectivity index (χ0) is 12.3. The third kappa shape index (κ3) is 3.33. The van der Waals surface area contributed by atoms with Crippen LogP contribution in [0.25, 0.3) is 0 Å². The Balaban J connectivity index is 1.76. The average molecular weight is 236 g/mol. The molecule has 0 aromatic carbocycles. The SMILES string of the molecule is Cc1cc(C(=O)NCC2CCC(N)CC2)co1. The summed E-state index contributed by atoms with van der Waals surface area (Å²) in [5.41, 5.74) is 6.45. The number of nitrogens with one attached hydrogen (secondary N) is 1. The molecule has 4 nitrogen and oxygen atoms in total. The third-order valence-corrected chi connectivity index (χ3v) is 3.44. The summed E-state index contributed by atoms with van der Waals surface area (Å²) in [6.45, 7) is 2.58. The molecular formula is C13H20N2O2. The summed E-state index contributed by atoms with van der Waals surface area (Å²) < 4.78 is 5.11. The van der Waals surface area contributed by atoms with Crippen molar-refractivity contribution in [2.45, 2.75) is 38.6 Å². The van der Waals surface area contributed by atoms with Crippen LogP contribution >= 0.6 is 0 Å². The van der Waals surface area contributed by atoms with E-state index in [1.54, 1.807) is 6.07 Å². The first-order valence-electron chi connectivity index (χ1n) is 6.24. The fraction of sp³-hybridized carbons (Fsp3) is 0.615. The van der Waals surface area contributed by atoms with Gasteiger partial charge in [0.25, 0.3) is 5.91 Å². The molecule has 0 unspecified atom stereocenters. The molecule has 0 radical (unpaired) electrons. The largest absolute Gasteiger partial charge is 0.469 e. The monoisotopic (exact) mass is 236 g/mol. The Bertz CT molecular complexity index is 379. The van der Waals surface area contributed by atoms with E-state index in [0.29, 0.717) is 17.5 Å². The van der Waals surface area contributed by atoms with Crippen LogP contribution in [0.5, 0.6) is 0 Å². The molecule has 1 heterocycles. The van der Waals surface area contributed by atoms with Crippen molar-refractivity contribution in [3.05, 3.63) is 23.7 Å². The first-order chi connectivity index (χ1) is 8.15. The highest BCUT2D eigenvalue weighted by Gasteiger charge is 2.19. The molecule has 1 aliphatic carbocycles. The number of carbonyl (C=O) groups excluding carboxylic acids is 1. The van der Waals surface area contributed by atoms with Crippen molar-refractivity contribution in [3.63, 3.8) is 0 Å². The van der Waals surface area contributed by atoms with E-state index in [2.05, 4.69) is 5.32 Å². The van der Waals surface area contributed by atoms with E-state index in [-0.39, 0.29) is 5.91 Å². The first kappa shape index (κ1) is 12.2. The second kappa shape index (κ2) is 5.36. The van der Waals surface area contributed by atoms with Gasteiger partial charge in [0.05, 0.1) is 5.56 Å². The predicted octanol–water partition coefficient (Wildman–Crippen LogP) is 1.84. The number of furan rings is 1. The normalized spacial score (nSPS) is 24.6. The molecule has 1 aromatic heterocycles. The zero-order valence-corrected chi connectivity index (χ0v) is 10.2. The van der Waals surface area contributed by atoms with Gasteiger partial charge in [-0.05, 0) is 44.6 Å².